The minimum Gasteiger partial charge on any atom is -0.445 e. The van der Waals surface area contributed by atoms with Crippen molar-refractivity contribution in [3.8, 4) is 6.07 Å². The lowest BCUT2D eigenvalue weighted by atomic mass is 10.2. The van der Waals surface area contributed by atoms with Crippen molar-refractivity contribution < 1.29 is 22.7 Å². The maximum Gasteiger partial charge on any atom is 0.422 e. The van der Waals surface area contributed by atoms with Crippen LogP contribution in [0.2, 0.25) is 0 Å². The van der Waals surface area contributed by atoms with Crippen LogP contribution in [0.1, 0.15) is 5.56 Å². The van der Waals surface area contributed by atoms with E-state index in [4.69, 9.17) is 5.26 Å². The van der Waals surface area contributed by atoms with Gasteiger partial charge in [-0.25, -0.2) is 4.79 Å². The number of halogens is 3. The fraction of sp³-hybridized carbons (Fsp3) is 0.273. The number of nitrogens with one attached hydrogen (secondary N) is 1. The molecule has 1 amide bonds. The fourth-order valence-electron chi connectivity index (χ4n) is 1.07. The Bertz CT molecular complexity index is 440. The first-order valence-corrected chi connectivity index (χ1v) is 4.87. The molecule has 96 valence electrons. The molecule has 1 N–H and O–H groups in total. The van der Waals surface area contributed by atoms with E-state index in [2.05, 4.69) is 4.74 Å². The van der Waals surface area contributed by atoms with Crippen molar-refractivity contribution in [3.63, 3.8) is 0 Å². The number of nitriles is 1. The number of alkyl carbamates (subject to hydrolysis) is 1. The summed E-state index contributed by atoms with van der Waals surface area (Å²) in [6, 6.07) is 6.82. The molecule has 1 aromatic carbocycles. The molecule has 0 aliphatic rings. The van der Waals surface area contributed by atoms with Crippen molar-refractivity contribution in [1.29, 1.82) is 5.26 Å². The maximum atomic E-state index is 12.2. The Kier molecular flexibility index (Phi) is 4.54. The Hall–Kier alpha value is -2.23. The van der Waals surface area contributed by atoms with Crippen LogP contribution in [0.4, 0.5) is 18.0 Å². The summed E-state index contributed by atoms with van der Waals surface area (Å²) in [6.45, 7) is -0.164. The number of hydrogen-bond donors (Lipinski definition) is 1. The monoisotopic (exact) mass is 258 g/mol. The first-order chi connectivity index (χ1) is 8.43. The van der Waals surface area contributed by atoms with Gasteiger partial charge in [0.1, 0.15) is 6.61 Å². The SMILES string of the molecule is N#CC(NC(=O)OCc1ccccc1)C(F)(F)F. The normalized spacial score (nSPS) is 12.3. The fourth-order valence-corrected chi connectivity index (χ4v) is 1.07. The number of amides is 1. The summed E-state index contributed by atoms with van der Waals surface area (Å²) in [4.78, 5) is 11.0. The largest absolute Gasteiger partial charge is 0.445 e. The number of carbonyl (C=O) groups excluding carboxylic acids is 1. The van der Waals surface area contributed by atoms with Gasteiger partial charge in [-0.05, 0) is 5.56 Å². The standard InChI is InChI=1S/C11H9F3N2O2/c12-11(13,14)9(6-15)16-10(17)18-7-8-4-2-1-3-5-8/h1-5,9H,7H2,(H,16,17). The predicted octanol–water partition coefficient (Wildman–Crippen LogP) is 2.37. The zero-order valence-corrected chi connectivity index (χ0v) is 9.07. The van der Waals surface area contributed by atoms with Crippen LogP contribution in [-0.2, 0) is 11.3 Å². The highest BCUT2D eigenvalue weighted by Crippen LogP contribution is 2.19. The number of hydrogen-bond acceptors (Lipinski definition) is 3. The Labute approximate surface area is 101 Å². The van der Waals surface area contributed by atoms with Gasteiger partial charge in [-0.3, -0.25) is 5.32 Å². The Morgan fingerprint density at radius 1 is 1.39 bits per heavy atom. The number of ether oxygens (including phenoxy) is 1. The molecule has 1 unspecified atom stereocenters. The topological polar surface area (TPSA) is 62.1 Å². The highest BCUT2D eigenvalue weighted by atomic mass is 19.4. The zero-order chi connectivity index (χ0) is 13.6. The Morgan fingerprint density at radius 2 is 2.00 bits per heavy atom. The van der Waals surface area contributed by atoms with E-state index >= 15 is 0 Å². The van der Waals surface area contributed by atoms with Gasteiger partial charge in [0.15, 0.2) is 0 Å². The van der Waals surface area contributed by atoms with Gasteiger partial charge >= 0.3 is 12.3 Å². The highest BCUT2D eigenvalue weighted by molar-refractivity contribution is 5.68. The van der Waals surface area contributed by atoms with Crippen molar-refractivity contribution in [2.75, 3.05) is 0 Å². The van der Waals surface area contributed by atoms with E-state index in [-0.39, 0.29) is 6.61 Å². The summed E-state index contributed by atoms with van der Waals surface area (Å²) in [5.74, 6) is 0. The Balaban J connectivity index is 2.45. The lowest BCUT2D eigenvalue weighted by Crippen LogP contribution is -2.44. The summed E-state index contributed by atoms with van der Waals surface area (Å²) in [5, 5.41) is 9.69. The van der Waals surface area contributed by atoms with Gasteiger partial charge in [-0.1, -0.05) is 30.3 Å². The molecule has 4 nitrogen and oxygen atoms in total. The predicted molar refractivity (Wildman–Crippen MR) is 55.2 cm³/mol. The van der Waals surface area contributed by atoms with Crippen LogP contribution >= 0.6 is 0 Å². The number of carbonyl (C=O) groups is 1. The molecular formula is C11H9F3N2O2. The van der Waals surface area contributed by atoms with Crippen molar-refractivity contribution in [2.45, 2.75) is 18.8 Å². The van der Waals surface area contributed by atoms with E-state index in [9.17, 15) is 18.0 Å². The number of alkyl halides is 3. The first-order valence-electron chi connectivity index (χ1n) is 4.87. The third-order valence-corrected chi connectivity index (χ3v) is 1.93. The molecule has 0 saturated carbocycles. The minimum absolute atomic E-state index is 0.164. The second-order valence-corrected chi connectivity index (χ2v) is 3.31. The molecule has 0 aromatic heterocycles. The smallest absolute Gasteiger partial charge is 0.422 e. The van der Waals surface area contributed by atoms with Crippen molar-refractivity contribution in [2.24, 2.45) is 0 Å². The van der Waals surface area contributed by atoms with E-state index in [1.165, 1.54) is 5.32 Å². The summed E-state index contributed by atoms with van der Waals surface area (Å²) in [6.07, 6.45) is -6.11. The van der Waals surface area contributed by atoms with Crippen LogP contribution in [-0.4, -0.2) is 18.3 Å². The molecule has 7 heteroatoms. The van der Waals surface area contributed by atoms with Gasteiger partial charge in [0.25, 0.3) is 0 Å². The highest BCUT2D eigenvalue weighted by Gasteiger charge is 2.41. The van der Waals surface area contributed by atoms with Gasteiger partial charge in [0, 0.05) is 0 Å². The molecule has 0 bridgehead atoms. The second kappa shape index (κ2) is 5.91. The van der Waals surface area contributed by atoms with Gasteiger partial charge in [-0.15, -0.1) is 0 Å². The third kappa shape index (κ3) is 4.33. The average molecular weight is 258 g/mol. The molecule has 0 spiro atoms. The molecule has 0 aliphatic heterocycles. The number of benzene rings is 1. The van der Waals surface area contributed by atoms with Gasteiger partial charge in [0.05, 0.1) is 6.07 Å². The summed E-state index contributed by atoms with van der Waals surface area (Å²) in [7, 11) is 0. The maximum absolute atomic E-state index is 12.2. The molecule has 0 aliphatic carbocycles. The van der Waals surface area contributed by atoms with Crippen molar-refractivity contribution in [1.82, 2.24) is 5.32 Å². The molecule has 1 rings (SSSR count). The lowest BCUT2D eigenvalue weighted by Gasteiger charge is -2.14. The van der Waals surface area contributed by atoms with E-state index in [0.717, 1.165) is 6.07 Å². The summed E-state index contributed by atoms with van der Waals surface area (Å²) < 4.78 is 41.0. The molecule has 0 saturated heterocycles. The molecule has 1 atom stereocenters. The van der Waals surface area contributed by atoms with Gasteiger partial charge in [-0.2, -0.15) is 18.4 Å². The number of nitrogens with zero attached hydrogens (tertiary/aromatic N) is 1. The quantitative estimate of drug-likeness (QED) is 0.905. The van der Waals surface area contributed by atoms with E-state index in [1.807, 2.05) is 0 Å². The average Bonchev–Trinajstić information content (AvgIpc) is 2.33. The van der Waals surface area contributed by atoms with Gasteiger partial charge < -0.3 is 4.74 Å². The van der Waals surface area contributed by atoms with Crippen molar-refractivity contribution >= 4 is 6.09 Å². The molecule has 0 fully saturated rings. The van der Waals surface area contributed by atoms with E-state index < -0.39 is 18.3 Å². The zero-order valence-electron chi connectivity index (χ0n) is 9.07. The molecule has 0 heterocycles. The van der Waals surface area contributed by atoms with Crippen LogP contribution in [0.3, 0.4) is 0 Å². The van der Waals surface area contributed by atoms with Crippen LogP contribution in [0.15, 0.2) is 30.3 Å². The van der Waals surface area contributed by atoms with E-state index in [0.29, 0.717) is 5.56 Å². The summed E-state index contributed by atoms with van der Waals surface area (Å²) >= 11 is 0. The molecular weight excluding hydrogens is 249 g/mol. The van der Waals surface area contributed by atoms with Crippen LogP contribution < -0.4 is 5.32 Å². The molecule has 18 heavy (non-hydrogen) atoms. The molecule has 1 aromatic rings. The van der Waals surface area contributed by atoms with Crippen molar-refractivity contribution in [3.05, 3.63) is 35.9 Å². The summed E-state index contributed by atoms with van der Waals surface area (Å²) in [5.41, 5.74) is 0.633. The number of rotatable bonds is 3. The van der Waals surface area contributed by atoms with Crippen LogP contribution in [0.5, 0.6) is 0 Å². The van der Waals surface area contributed by atoms with Gasteiger partial charge in [0.2, 0.25) is 6.04 Å². The lowest BCUT2D eigenvalue weighted by molar-refractivity contribution is -0.141. The van der Waals surface area contributed by atoms with Crippen LogP contribution in [0, 0.1) is 11.3 Å². The molecule has 0 radical (unpaired) electrons. The third-order valence-electron chi connectivity index (χ3n) is 1.93. The first kappa shape index (κ1) is 13.8. The second-order valence-electron chi connectivity index (χ2n) is 3.31. The van der Waals surface area contributed by atoms with Crippen LogP contribution in [0.25, 0.3) is 0 Å². The Morgan fingerprint density at radius 3 is 2.50 bits per heavy atom. The van der Waals surface area contributed by atoms with E-state index in [1.54, 1.807) is 30.3 Å². The minimum atomic E-state index is -4.82.